The molecule has 3 aromatic rings. The second kappa shape index (κ2) is 9.15. The lowest BCUT2D eigenvalue weighted by Crippen LogP contribution is -2.13. The Morgan fingerprint density at radius 3 is 2.72 bits per heavy atom. The van der Waals surface area contributed by atoms with E-state index in [2.05, 4.69) is 15.6 Å². The van der Waals surface area contributed by atoms with Crippen LogP contribution in [0.3, 0.4) is 0 Å². The molecular formula is C22H18N4O3. The molecule has 144 valence electrons. The van der Waals surface area contributed by atoms with Crippen LogP contribution in [-0.2, 0) is 4.74 Å². The van der Waals surface area contributed by atoms with E-state index >= 15 is 0 Å². The number of anilines is 3. The molecule has 29 heavy (non-hydrogen) atoms. The molecule has 7 nitrogen and oxygen atoms in total. The van der Waals surface area contributed by atoms with Gasteiger partial charge in [0.05, 0.1) is 29.5 Å². The second-order valence-corrected chi connectivity index (χ2v) is 5.97. The van der Waals surface area contributed by atoms with Crippen LogP contribution in [0.15, 0.2) is 66.9 Å². The fraction of sp³-hybridized carbons (Fsp3) is 0.0909. The molecule has 7 heteroatoms. The van der Waals surface area contributed by atoms with Gasteiger partial charge in [-0.2, -0.15) is 5.26 Å². The highest BCUT2D eigenvalue weighted by Gasteiger charge is 2.13. The Kier molecular flexibility index (Phi) is 6.18. The highest BCUT2D eigenvalue weighted by molar-refractivity contribution is 6.05. The third-order valence-electron chi connectivity index (χ3n) is 3.96. The maximum absolute atomic E-state index is 12.6. The normalized spacial score (nSPS) is 9.93. The first-order chi connectivity index (χ1) is 14.1. The minimum atomic E-state index is -0.443. The van der Waals surface area contributed by atoms with E-state index in [0.29, 0.717) is 33.9 Å². The quantitative estimate of drug-likeness (QED) is 0.618. The number of hydrogen-bond donors (Lipinski definition) is 2. The molecule has 0 bridgehead atoms. The Bertz CT molecular complexity index is 1090. The summed E-state index contributed by atoms with van der Waals surface area (Å²) in [5.41, 5.74) is 2.25. The number of para-hydroxylation sites is 1. The number of ether oxygens (including phenoxy) is 1. The van der Waals surface area contributed by atoms with E-state index in [4.69, 9.17) is 10.00 Å². The van der Waals surface area contributed by atoms with Crippen LogP contribution in [0.25, 0.3) is 0 Å². The first-order valence-electron chi connectivity index (χ1n) is 8.91. The number of nitriles is 1. The van der Waals surface area contributed by atoms with Gasteiger partial charge in [0, 0.05) is 17.4 Å². The Labute approximate surface area is 168 Å². The Morgan fingerprint density at radius 2 is 1.93 bits per heavy atom. The number of aromatic nitrogens is 1. The van der Waals surface area contributed by atoms with Crippen molar-refractivity contribution in [2.45, 2.75) is 6.92 Å². The molecule has 0 fully saturated rings. The molecule has 0 unspecified atom stereocenters. The van der Waals surface area contributed by atoms with Gasteiger partial charge in [0.15, 0.2) is 0 Å². The molecular weight excluding hydrogens is 368 g/mol. The van der Waals surface area contributed by atoms with Crippen molar-refractivity contribution >= 4 is 29.1 Å². The van der Waals surface area contributed by atoms with Gasteiger partial charge in [0.1, 0.15) is 5.82 Å². The van der Waals surface area contributed by atoms with Gasteiger partial charge >= 0.3 is 5.97 Å². The van der Waals surface area contributed by atoms with Crippen LogP contribution in [0, 0.1) is 11.3 Å². The number of nitrogens with one attached hydrogen (secondary N) is 2. The molecule has 0 aliphatic carbocycles. The minimum Gasteiger partial charge on any atom is -0.462 e. The van der Waals surface area contributed by atoms with Crippen molar-refractivity contribution in [3.05, 3.63) is 83.6 Å². The van der Waals surface area contributed by atoms with Crippen LogP contribution >= 0.6 is 0 Å². The first-order valence-corrected chi connectivity index (χ1v) is 8.91. The van der Waals surface area contributed by atoms with Crippen LogP contribution in [0.2, 0.25) is 0 Å². The number of amides is 1. The van der Waals surface area contributed by atoms with Gasteiger partial charge in [-0.15, -0.1) is 0 Å². The highest BCUT2D eigenvalue weighted by Crippen LogP contribution is 2.21. The number of nitrogens with zero attached hydrogens (tertiary/aromatic N) is 2. The van der Waals surface area contributed by atoms with Gasteiger partial charge in [0.2, 0.25) is 0 Å². The van der Waals surface area contributed by atoms with Crippen LogP contribution in [0.1, 0.15) is 33.2 Å². The zero-order chi connectivity index (χ0) is 20.6. The Morgan fingerprint density at radius 1 is 1.10 bits per heavy atom. The lowest BCUT2D eigenvalue weighted by atomic mass is 10.1. The zero-order valence-electron chi connectivity index (χ0n) is 15.7. The minimum absolute atomic E-state index is 0.272. The molecule has 1 amide bonds. The van der Waals surface area contributed by atoms with Crippen molar-refractivity contribution in [2.24, 2.45) is 0 Å². The molecule has 0 spiro atoms. The van der Waals surface area contributed by atoms with Crippen LogP contribution in [0.4, 0.5) is 17.2 Å². The number of benzene rings is 2. The van der Waals surface area contributed by atoms with E-state index in [1.807, 2.05) is 6.07 Å². The number of carbonyl (C=O) groups excluding carboxylic acids is 2. The number of esters is 1. The number of pyridine rings is 1. The van der Waals surface area contributed by atoms with Gasteiger partial charge in [-0.25, -0.2) is 9.78 Å². The van der Waals surface area contributed by atoms with Crippen molar-refractivity contribution < 1.29 is 14.3 Å². The van der Waals surface area contributed by atoms with E-state index in [1.54, 1.807) is 67.6 Å². The third-order valence-corrected chi connectivity index (χ3v) is 3.96. The molecule has 2 aromatic carbocycles. The maximum Gasteiger partial charge on any atom is 0.340 e. The van der Waals surface area contributed by atoms with Crippen molar-refractivity contribution in [3.63, 3.8) is 0 Å². The lowest BCUT2D eigenvalue weighted by Gasteiger charge is -2.11. The predicted octanol–water partition coefficient (Wildman–Crippen LogP) is 4.13. The smallest absolute Gasteiger partial charge is 0.340 e. The average Bonchev–Trinajstić information content (AvgIpc) is 2.74. The summed E-state index contributed by atoms with van der Waals surface area (Å²) < 4.78 is 5.07. The average molecular weight is 386 g/mol. The van der Waals surface area contributed by atoms with E-state index in [0.717, 1.165) is 0 Å². The SMILES string of the molecule is CCOC(=O)c1ccccc1Nc1cc(C(=O)Nc2cccc(C#N)c2)ccn1. The molecule has 0 atom stereocenters. The van der Waals surface area contributed by atoms with E-state index in [9.17, 15) is 9.59 Å². The van der Waals surface area contributed by atoms with Crippen LogP contribution < -0.4 is 10.6 Å². The lowest BCUT2D eigenvalue weighted by molar-refractivity contribution is 0.0527. The van der Waals surface area contributed by atoms with Crippen molar-refractivity contribution in [3.8, 4) is 6.07 Å². The van der Waals surface area contributed by atoms with Crippen LogP contribution in [0.5, 0.6) is 0 Å². The summed E-state index contributed by atoms with van der Waals surface area (Å²) >= 11 is 0. The van der Waals surface area contributed by atoms with E-state index in [1.165, 1.54) is 6.20 Å². The van der Waals surface area contributed by atoms with Crippen molar-refractivity contribution in [2.75, 3.05) is 17.2 Å². The topological polar surface area (TPSA) is 104 Å². The molecule has 3 rings (SSSR count). The van der Waals surface area contributed by atoms with E-state index in [-0.39, 0.29) is 12.5 Å². The largest absolute Gasteiger partial charge is 0.462 e. The van der Waals surface area contributed by atoms with Gasteiger partial charge in [-0.05, 0) is 49.4 Å². The molecule has 0 saturated carbocycles. The molecule has 0 saturated heterocycles. The first kappa shape index (κ1) is 19.6. The predicted molar refractivity (Wildman–Crippen MR) is 109 cm³/mol. The summed E-state index contributed by atoms with van der Waals surface area (Å²) in [5.74, 6) is -0.383. The maximum atomic E-state index is 12.6. The summed E-state index contributed by atoms with van der Waals surface area (Å²) in [6.07, 6.45) is 1.50. The molecule has 2 N–H and O–H groups in total. The fourth-order valence-electron chi connectivity index (χ4n) is 2.63. The summed E-state index contributed by atoms with van der Waals surface area (Å²) in [7, 11) is 0. The van der Waals surface area contributed by atoms with E-state index < -0.39 is 5.97 Å². The molecule has 1 aromatic heterocycles. The number of rotatable bonds is 6. The zero-order valence-corrected chi connectivity index (χ0v) is 15.7. The monoisotopic (exact) mass is 386 g/mol. The van der Waals surface area contributed by atoms with Gasteiger partial charge in [0.25, 0.3) is 5.91 Å². The Balaban J connectivity index is 1.79. The standard InChI is InChI=1S/C22H18N4O3/c1-2-29-22(28)18-8-3-4-9-19(18)26-20-13-16(10-11-24-20)21(27)25-17-7-5-6-15(12-17)14-23/h3-13H,2H2,1H3,(H,24,26)(H,25,27). The molecule has 1 heterocycles. The Hall–Kier alpha value is -4.18. The number of hydrogen-bond acceptors (Lipinski definition) is 6. The van der Waals surface area contributed by atoms with Crippen molar-refractivity contribution in [1.82, 2.24) is 4.98 Å². The molecule has 0 aliphatic rings. The van der Waals surface area contributed by atoms with Crippen molar-refractivity contribution in [1.29, 1.82) is 5.26 Å². The van der Waals surface area contributed by atoms with Gasteiger partial charge < -0.3 is 15.4 Å². The fourth-order valence-corrected chi connectivity index (χ4v) is 2.63. The summed E-state index contributed by atoms with van der Waals surface area (Å²) in [6.45, 7) is 2.01. The van der Waals surface area contributed by atoms with Crippen LogP contribution in [-0.4, -0.2) is 23.5 Å². The molecule has 0 aliphatic heterocycles. The summed E-state index contributed by atoms with van der Waals surface area (Å²) in [4.78, 5) is 28.9. The molecule has 0 radical (unpaired) electrons. The van der Waals surface area contributed by atoms with Gasteiger partial charge in [-0.3, -0.25) is 4.79 Å². The van der Waals surface area contributed by atoms with Gasteiger partial charge in [-0.1, -0.05) is 18.2 Å². The third kappa shape index (κ3) is 4.96. The number of carbonyl (C=O) groups is 2. The summed E-state index contributed by atoms with van der Waals surface area (Å²) in [5, 5.41) is 14.8. The second-order valence-electron chi connectivity index (χ2n) is 5.97. The summed E-state index contributed by atoms with van der Waals surface area (Å²) in [6, 6.07) is 18.7. The highest BCUT2D eigenvalue weighted by atomic mass is 16.5.